The summed E-state index contributed by atoms with van der Waals surface area (Å²) in [5, 5.41) is 2.86. The summed E-state index contributed by atoms with van der Waals surface area (Å²) in [6.45, 7) is 4.75. The maximum absolute atomic E-state index is 13.2. The number of fused-ring (bicyclic) bond motifs is 1. The van der Waals surface area contributed by atoms with Crippen LogP contribution < -0.4 is 15.0 Å². The zero-order chi connectivity index (χ0) is 22.9. The molecule has 8 nitrogen and oxygen atoms in total. The van der Waals surface area contributed by atoms with Crippen LogP contribution in [0.25, 0.3) is 0 Å². The Kier molecular flexibility index (Phi) is 6.21. The quantitative estimate of drug-likeness (QED) is 0.720. The summed E-state index contributed by atoms with van der Waals surface area (Å²) in [5.74, 6) is -0.0862. The number of nitrogens with one attached hydrogen (secondary N) is 1. The molecule has 0 radical (unpaired) electrons. The molecule has 2 heterocycles. The first kappa shape index (κ1) is 22.3. The lowest BCUT2D eigenvalue weighted by Gasteiger charge is -2.24. The zero-order valence-corrected chi connectivity index (χ0v) is 19.0. The Balaban J connectivity index is 1.61. The first-order valence-corrected chi connectivity index (χ1v) is 12.2. The number of rotatable bonds is 6. The van der Waals surface area contributed by atoms with E-state index >= 15 is 0 Å². The van der Waals surface area contributed by atoms with Crippen molar-refractivity contribution in [2.75, 3.05) is 29.9 Å². The zero-order valence-electron chi connectivity index (χ0n) is 18.2. The van der Waals surface area contributed by atoms with E-state index in [2.05, 4.69) is 5.32 Å². The second-order valence-electron chi connectivity index (χ2n) is 7.93. The van der Waals surface area contributed by atoms with E-state index in [0.717, 1.165) is 12.8 Å². The molecule has 0 saturated carbocycles. The molecule has 2 aliphatic rings. The molecular formula is C23H27N3O5S. The molecular weight excluding hydrogens is 430 g/mol. The Morgan fingerprint density at radius 3 is 2.53 bits per heavy atom. The Bertz CT molecular complexity index is 1140. The van der Waals surface area contributed by atoms with Gasteiger partial charge in [0.25, 0.3) is 0 Å². The molecule has 1 fully saturated rings. The van der Waals surface area contributed by atoms with Crippen LogP contribution in [0.5, 0.6) is 5.75 Å². The van der Waals surface area contributed by atoms with Gasteiger partial charge in [-0.15, -0.1) is 0 Å². The SMILES string of the molecule is CCOc1ccccc1NC(=O)[C@H]1Cc2cc(S(=O)(=O)N3CCCC3)ccc2N1C(C)=O. The third kappa shape index (κ3) is 4.10. The van der Waals surface area contributed by atoms with E-state index in [1.54, 1.807) is 30.3 Å². The van der Waals surface area contributed by atoms with Crippen LogP contribution in [0.2, 0.25) is 0 Å². The number of carbonyl (C=O) groups excluding carboxylic acids is 2. The van der Waals surface area contributed by atoms with E-state index in [9.17, 15) is 18.0 Å². The standard InChI is InChI=1S/C23H27N3O5S/c1-3-31-22-9-5-4-8-19(22)24-23(28)21-15-17-14-18(10-11-20(17)26(21)16(2)27)32(29,30)25-12-6-7-13-25/h4-5,8-11,14,21H,3,6-7,12-13,15H2,1-2H3,(H,24,28)/t21-/m1/s1. The molecule has 0 aromatic heterocycles. The highest BCUT2D eigenvalue weighted by Crippen LogP contribution is 2.36. The number of ether oxygens (including phenoxy) is 1. The third-order valence-electron chi connectivity index (χ3n) is 5.82. The van der Waals surface area contributed by atoms with E-state index < -0.39 is 16.1 Å². The molecule has 0 spiro atoms. The summed E-state index contributed by atoms with van der Waals surface area (Å²) < 4.78 is 33.0. The number of sulfonamides is 1. The van der Waals surface area contributed by atoms with Crippen LogP contribution in [0.1, 0.15) is 32.3 Å². The van der Waals surface area contributed by atoms with Gasteiger partial charge in [0.1, 0.15) is 11.8 Å². The summed E-state index contributed by atoms with van der Waals surface area (Å²) in [6.07, 6.45) is 1.95. The van der Waals surface area contributed by atoms with Crippen LogP contribution in [-0.4, -0.2) is 50.3 Å². The molecule has 32 heavy (non-hydrogen) atoms. The maximum atomic E-state index is 13.2. The molecule has 4 rings (SSSR count). The van der Waals surface area contributed by atoms with E-state index in [0.29, 0.717) is 42.4 Å². The lowest BCUT2D eigenvalue weighted by molar-refractivity contribution is -0.122. The highest BCUT2D eigenvalue weighted by atomic mass is 32.2. The number of para-hydroxylation sites is 2. The molecule has 2 aromatic rings. The smallest absolute Gasteiger partial charge is 0.248 e. The molecule has 0 unspecified atom stereocenters. The highest BCUT2D eigenvalue weighted by molar-refractivity contribution is 7.89. The van der Waals surface area contributed by atoms with Crippen molar-refractivity contribution >= 4 is 33.2 Å². The molecule has 0 bridgehead atoms. The van der Waals surface area contributed by atoms with E-state index in [-0.39, 0.29) is 23.1 Å². The second kappa shape index (κ2) is 8.91. The third-order valence-corrected chi connectivity index (χ3v) is 7.72. The summed E-state index contributed by atoms with van der Waals surface area (Å²) in [7, 11) is -3.58. The average Bonchev–Trinajstić information content (AvgIpc) is 3.43. The molecule has 2 aromatic carbocycles. The van der Waals surface area contributed by atoms with Crippen molar-refractivity contribution in [3.8, 4) is 5.75 Å². The minimum Gasteiger partial charge on any atom is -0.492 e. The Morgan fingerprint density at radius 2 is 1.84 bits per heavy atom. The van der Waals surface area contributed by atoms with Crippen LogP contribution >= 0.6 is 0 Å². The minimum absolute atomic E-state index is 0.199. The summed E-state index contributed by atoms with van der Waals surface area (Å²) in [4.78, 5) is 27.2. The van der Waals surface area contributed by atoms with Gasteiger partial charge in [0.2, 0.25) is 21.8 Å². The number of benzene rings is 2. The molecule has 170 valence electrons. The normalized spacial score (nSPS) is 18.4. The van der Waals surface area contributed by atoms with Gasteiger partial charge in [-0.05, 0) is 55.7 Å². The summed E-state index contributed by atoms with van der Waals surface area (Å²) >= 11 is 0. The second-order valence-corrected chi connectivity index (χ2v) is 9.87. The number of carbonyl (C=O) groups is 2. The first-order valence-electron chi connectivity index (χ1n) is 10.8. The highest BCUT2D eigenvalue weighted by Gasteiger charge is 2.38. The van der Waals surface area contributed by atoms with Crippen LogP contribution in [-0.2, 0) is 26.0 Å². The average molecular weight is 458 g/mol. The molecule has 2 amide bonds. The first-order chi connectivity index (χ1) is 15.3. The molecule has 1 atom stereocenters. The van der Waals surface area contributed by atoms with Gasteiger partial charge in [0.05, 0.1) is 17.2 Å². The molecule has 9 heteroatoms. The van der Waals surface area contributed by atoms with Gasteiger partial charge in [-0.2, -0.15) is 4.31 Å². The molecule has 1 saturated heterocycles. The largest absolute Gasteiger partial charge is 0.492 e. The fourth-order valence-electron chi connectivity index (χ4n) is 4.33. The van der Waals surface area contributed by atoms with Crippen LogP contribution in [0.3, 0.4) is 0 Å². The van der Waals surface area contributed by atoms with Crippen molar-refractivity contribution in [3.05, 3.63) is 48.0 Å². The monoisotopic (exact) mass is 457 g/mol. The van der Waals surface area contributed by atoms with Crippen molar-refractivity contribution < 1.29 is 22.7 Å². The van der Waals surface area contributed by atoms with Gasteiger partial charge < -0.3 is 10.1 Å². The lowest BCUT2D eigenvalue weighted by atomic mass is 10.1. The number of hydrogen-bond acceptors (Lipinski definition) is 5. The van der Waals surface area contributed by atoms with Gasteiger partial charge in [0.15, 0.2) is 0 Å². The Morgan fingerprint density at radius 1 is 1.12 bits per heavy atom. The van der Waals surface area contributed by atoms with Gasteiger partial charge in [-0.3, -0.25) is 14.5 Å². The van der Waals surface area contributed by atoms with Crippen molar-refractivity contribution in [2.45, 2.75) is 44.0 Å². The number of anilines is 2. The topological polar surface area (TPSA) is 96.0 Å². The van der Waals surface area contributed by atoms with Crippen LogP contribution in [0.15, 0.2) is 47.4 Å². The van der Waals surface area contributed by atoms with Gasteiger partial charge in [-0.25, -0.2) is 8.42 Å². The fourth-order valence-corrected chi connectivity index (χ4v) is 5.90. The number of amides is 2. The minimum atomic E-state index is -3.58. The number of hydrogen-bond donors (Lipinski definition) is 1. The number of nitrogens with zero attached hydrogens (tertiary/aromatic N) is 2. The van der Waals surface area contributed by atoms with Crippen LogP contribution in [0, 0.1) is 0 Å². The van der Waals surface area contributed by atoms with E-state index in [1.807, 2.05) is 13.0 Å². The van der Waals surface area contributed by atoms with E-state index in [1.165, 1.54) is 22.2 Å². The van der Waals surface area contributed by atoms with Crippen molar-refractivity contribution in [1.29, 1.82) is 0 Å². The van der Waals surface area contributed by atoms with Gasteiger partial charge >= 0.3 is 0 Å². The van der Waals surface area contributed by atoms with Gasteiger partial charge in [0, 0.05) is 32.1 Å². The Labute approximate surface area is 188 Å². The molecule has 1 N–H and O–H groups in total. The lowest BCUT2D eigenvalue weighted by Crippen LogP contribution is -2.44. The maximum Gasteiger partial charge on any atom is 0.248 e. The van der Waals surface area contributed by atoms with Crippen LogP contribution in [0.4, 0.5) is 11.4 Å². The summed E-state index contributed by atoms with van der Waals surface area (Å²) in [6, 6.07) is 11.1. The fraction of sp³-hybridized carbons (Fsp3) is 0.391. The van der Waals surface area contributed by atoms with Crippen molar-refractivity contribution in [3.63, 3.8) is 0 Å². The van der Waals surface area contributed by atoms with Crippen molar-refractivity contribution in [1.82, 2.24) is 4.31 Å². The molecule has 0 aliphatic carbocycles. The summed E-state index contributed by atoms with van der Waals surface area (Å²) in [5.41, 5.74) is 1.76. The molecule has 2 aliphatic heterocycles. The predicted molar refractivity (Wildman–Crippen MR) is 121 cm³/mol. The van der Waals surface area contributed by atoms with Crippen molar-refractivity contribution in [2.24, 2.45) is 0 Å². The Hall–Kier alpha value is -2.91. The van der Waals surface area contributed by atoms with Gasteiger partial charge in [-0.1, -0.05) is 12.1 Å². The van der Waals surface area contributed by atoms with E-state index in [4.69, 9.17) is 4.74 Å². The predicted octanol–water partition coefficient (Wildman–Crippen LogP) is 2.79.